The number of thiazole rings is 1. The van der Waals surface area contributed by atoms with Gasteiger partial charge in [0.1, 0.15) is 23.1 Å². The number of ether oxygens (including phenoxy) is 2. The van der Waals surface area contributed by atoms with Crippen molar-refractivity contribution in [1.29, 1.82) is 0 Å². The van der Waals surface area contributed by atoms with E-state index in [1.807, 2.05) is 0 Å². The highest BCUT2D eigenvalue weighted by atomic mass is 35.5. The lowest BCUT2D eigenvalue weighted by molar-refractivity contribution is -0.115. The molecule has 0 fully saturated rings. The van der Waals surface area contributed by atoms with Gasteiger partial charge in [0.15, 0.2) is 10.9 Å². The molecule has 166 valence electrons. The van der Waals surface area contributed by atoms with E-state index in [2.05, 4.69) is 4.98 Å². The second-order valence-corrected chi connectivity index (χ2v) is 7.63. The molecule has 0 saturated heterocycles. The first-order valence-corrected chi connectivity index (χ1v) is 10.4. The molecule has 2 aromatic carbocycles. The third kappa shape index (κ3) is 4.95. The van der Waals surface area contributed by atoms with Crippen LogP contribution in [0.3, 0.4) is 0 Å². The van der Waals surface area contributed by atoms with Gasteiger partial charge in [-0.25, -0.2) is 13.8 Å². The van der Waals surface area contributed by atoms with Crippen molar-refractivity contribution in [2.75, 3.05) is 19.1 Å². The Bertz CT molecular complexity index is 1210. The maximum Gasteiger partial charge on any atom is 0.230 e. The average molecular weight is 479 g/mol. The standard InChI is InChI=1S/C22H17ClF2N2O4S/c1-12(28)27(18-6-4-13(24)8-17(18)25)22-26-14(11-32-22)5-7-19(29)15-9-16(23)21(31-3)10-20(15)30-2/h4-11H,1-3H3/b7-5+. The molecule has 0 spiro atoms. The summed E-state index contributed by atoms with van der Waals surface area (Å²) in [6.07, 6.45) is 2.72. The van der Waals surface area contributed by atoms with Crippen LogP contribution in [-0.2, 0) is 4.79 Å². The van der Waals surface area contributed by atoms with Crippen LogP contribution in [0.2, 0.25) is 5.02 Å². The number of aromatic nitrogens is 1. The first-order valence-electron chi connectivity index (χ1n) is 9.10. The van der Waals surface area contributed by atoms with Crippen molar-refractivity contribution in [3.63, 3.8) is 0 Å². The summed E-state index contributed by atoms with van der Waals surface area (Å²) in [7, 11) is 2.87. The molecule has 32 heavy (non-hydrogen) atoms. The Labute approximate surface area is 191 Å². The van der Waals surface area contributed by atoms with E-state index in [9.17, 15) is 18.4 Å². The number of anilines is 2. The van der Waals surface area contributed by atoms with Crippen LogP contribution in [0.25, 0.3) is 6.08 Å². The van der Waals surface area contributed by atoms with E-state index in [1.54, 1.807) is 5.38 Å². The summed E-state index contributed by atoms with van der Waals surface area (Å²) >= 11 is 7.17. The van der Waals surface area contributed by atoms with Gasteiger partial charge in [-0.3, -0.25) is 14.5 Å². The molecular weight excluding hydrogens is 462 g/mol. The van der Waals surface area contributed by atoms with Gasteiger partial charge in [-0.15, -0.1) is 11.3 Å². The molecule has 10 heteroatoms. The molecule has 0 aliphatic carbocycles. The summed E-state index contributed by atoms with van der Waals surface area (Å²) in [5, 5.41) is 2.01. The summed E-state index contributed by atoms with van der Waals surface area (Å²) in [6, 6.07) is 5.84. The molecular formula is C22H17ClF2N2O4S. The van der Waals surface area contributed by atoms with Crippen molar-refractivity contribution in [2.45, 2.75) is 6.92 Å². The maximum absolute atomic E-state index is 14.2. The molecule has 0 N–H and O–H groups in total. The molecule has 0 bridgehead atoms. The predicted molar refractivity (Wildman–Crippen MR) is 119 cm³/mol. The minimum Gasteiger partial charge on any atom is -0.496 e. The fraction of sp³-hybridized carbons (Fsp3) is 0.136. The van der Waals surface area contributed by atoms with Gasteiger partial charge in [0.05, 0.1) is 36.2 Å². The van der Waals surface area contributed by atoms with Crippen molar-refractivity contribution >= 4 is 51.5 Å². The number of nitrogens with zero attached hydrogens (tertiary/aromatic N) is 2. The fourth-order valence-corrected chi connectivity index (χ4v) is 3.92. The lowest BCUT2D eigenvalue weighted by Gasteiger charge is -2.18. The number of halogens is 3. The van der Waals surface area contributed by atoms with Gasteiger partial charge in [-0.1, -0.05) is 11.6 Å². The van der Waals surface area contributed by atoms with E-state index in [4.69, 9.17) is 21.1 Å². The highest BCUT2D eigenvalue weighted by Gasteiger charge is 2.21. The van der Waals surface area contributed by atoms with Gasteiger partial charge in [-0.05, 0) is 30.4 Å². The molecule has 0 saturated carbocycles. The van der Waals surface area contributed by atoms with Crippen LogP contribution < -0.4 is 14.4 Å². The van der Waals surface area contributed by atoms with Crippen LogP contribution in [-0.4, -0.2) is 30.9 Å². The van der Waals surface area contributed by atoms with E-state index < -0.39 is 23.3 Å². The van der Waals surface area contributed by atoms with Gasteiger partial charge in [0.25, 0.3) is 0 Å². The lowest BCUT2D eigenvalue weighted by Crippen LogP contribution is -2.23. The van der Waals surface area contributed by atoms with E-state index in [-0.39, 0.29) is 27.2 Å². The first kappa shape index (κ1) is 23.4. The maximum atomic E-state index is 14.2. The predicted octanol–water partition coefficient (Wildman–Crippen LogP) is 5.67. The van der Waals surface area contributed by atoms with Crippen LogP contribution in [0.1, 0.15) is 23.0 Å². The third-order valence-electron chi connectivity index (χ3n) is 4.31. The molecule has 1 amide bonds. The number of amides is 1. The summed E-state index contributed by atoms with van der Waals surface area (Å²) in [4.78, 5) is 30.1. The van der Waals surface area contributed by atoms with Crippen LogP contribution in [0.5, 0.6) is 11.5 Å². The molecule has 0 radical (unpaired) electrons. The minimum absolute atomic E-state index is 0.127. The topological polar surface area (TPSA) is 68.7 Å². The van der Waals surface area contributed by atoms with Gasteiger partial charge in [0.2, 0.25) is 5.91 Å². The summed E-state index contributed by atoms with van der Waals surface area (Å²) in [5.41, 5.74) is 0.465. The molecule has 6 nitrogen and oxygen atoms in total. The number of methoxy groups -OCH3 is 2. The van der Waals surface area contributed by atoms with E-state index in [0.29, 0.717) is 17.5 Å². The zero-order valence-corrected chi connectivity index (χ0v) is 18.8. The Hall–Kier alpha value is -3.30. The number of rotatable bonds is 7. The Morgan fingerprint density at radius 1 is 1.12 bits per heavy atom. The van der Waals surface area contributed by atoms with Crippen LogP contribution in [0.15, 0.2) is 41.8 Å². The van der Waals surface area contributed by atoms with Crippen molar-refractivity contribution in [1.82, 2.24) is 4.98 Å². The zero-order chi connectivity index (χ0) is 23.4. The van der Waals surface area contributed by atoms with Gasteiger partial charge in [0, 0.05) is 24.4 Å². The molecule has 0 aliphatic heterocycles. The van der Waals surface area contributed by atoms with Crippen LogP contribution in [0, 0.1) is 11.6 Å². The van der Waals surface area contributed by atoms with Crippen molar-refractivity contribution in [3.8, 4) is 11.5 Å². The Morgan fingerprint density at radius 3 is 2.47 bits per heavy atom. The molecule has 0 unspecified atom stereocenters. The van der Waals surface area contributed by atoms with Crippen molar-refractivity contribution < 1.29 is 27.8 Å². The Morgan fingerprint density at radius 2 is 1.84 bits per heavy atom. The largest absolute Gasteiger partial charge is 0.496 e. The monoisotopic (exact) mass is 478 g/mol. The summed E-state index contributed by atoms with van der Waals surface area (Å²) in [6.45, 7) is 1.24. The molecule has 1 heterocycles. The highest BCUT2D eigenvalue weighted by molar-refractivity contribution is 7.14. The number of carbonyl (C=O) groups is 2. The molecule has 0 atom stereocenters. The molecule has 3 rings (SSSR count). The van der Waals surface area contributed by atoms with Crippen molar-refractivity contribution in [3.05, 3.63) is 69.7 Å². The quantitative estimate of drug-likeness (QED) is 0.323. The fourth-order valence-electron chi connectivity index (χ4n) is 2.83. The number of allylic oxidation sites excluding steroid dienone is 1. The summed E-state index contributed by atoms with van der Waals surface area (Å²) < 4.78 is 37.8. The van der Waals surface area contributed by atoms with Gasteiger partial charge < -0.3 is 9.47 Å². The minimum atomic E-state index is -0.897. The van der Waals surface area contributed by atoms with Crippen molar-refractivity contribution in [2.24, 2.45) is 0 Å². The normalized spacial score (nSPS) is 10.9. The number of ketones is 1. The second kappa shape index (κ2) is 9.88. The molecule has 0 aliphatic rings. The number of hydrogen-bond donors (Lipinski definition) is 0. The Kier molecular flexibility index (Phi) is 7.22. The van der Waals surface area contributed by atoms with Crippen LogP contribution in [0.4, 0.5) is 19.6 Å². The van der Waals surface area contributed by atoms with Crippen LogP contribution >= 0.6 is 22.9 Å². The number of benzene rings is 2. The van der Waals surface area contributed by atoms with Gasteiger partial charge in [-0.2, -0.15) is 0 Å². The number of hydrogen-bond acceptors (Lipinski definition) is 6. The van der Waals surface area contributed by atoms with E-state index in [1.165, 1.54) is 45.4 Å². The first-order chi connectivity index (χ1) is 15.2. The third-order valence-corrected chi connectivity index (χ3v) is 5.45. The zero-order valence-electron chi connectivity index (χ0n) is 17.2. The number of carbonyl (C=O) groups excluding carboxylic acids is 2. The SMILES string of the molecule is COc1cc(OC)c(C(=O)/C=C/c2csc(N(C(C)=O)c3ccc(F)cc3F)n2)cc1Cl. The average Bonchev–Trinajstić information content (AvgIpc) is 3.21. The molecule has 1 aromatic heterocycles. The van der Waals surface area contributed by atoms with Gasteiger partial charge >= 0.3 is 0 Å². The summed E-state index contributed by atoms with van der Waals surface area (Å²) in [5.74, 6) is -1.90. The van der Waals surface area contributed by atoms with E-state index >= 15 is 0 Å². The smallest absolute Gasteiger partial charge is 0.230 e. The highest BCUT2D eigenvalue weighted by Crippen LogP contribution is 2.34. The second-order valence-electron chi connectivity index (χ2n) is 6.39. The van der Waals surface area contributed by atoms with E-state index in [0.717, 1.165) is 28.4 Å². The lowest BCUT2D eigenvalue weighted by atomic mass is 10.1. The Balaban J connectivity index is 1.87. The molecule has 3 aromatic rings.